The number of pyridine rings is 1. The molecule has 1 aromatic rings. The lowest BCUT2D eigenvalue weighted by molar-refractivity contribution is 0.469. The van der Waals surface area contributed by atoms with Crippen LogP contribution in [0, 0.1) is 13.8 Å². The summed E-state index contributed by atoms with van der Waals surface area (Å²) < 4.78 is 0. The standard InChI is InChI=1S/C8H12N2O/c1-5-4-10-6(2)8(11)7(5)9-3/h4,11H,1-3H3,(H,9,10). The first-order valence-electron chi connectivity index (χ1n) is 3.49. The third kappa shape index (κ3) is 1.27. The molecule has 3 heteroatoms. The van der Waals surface area contributed by atoms with Gasteiger partial charge in [-0.15, -0.1) is 0 Å². The molecule has 0 aliphatic rings. The summed E-state index contributed by atoms with van der Waals surface area (Å²) in [5, 5.41) is 12.4. The average Bonchev–Trinajstić information content (AvgIpc) is 1.99. The zero-order valence-corrected chi connectivity index (χ0v) is 6.97. The normalized spacial score (nSPS) is 9.73. The van der Waals surface area contributed by atoms with Crippen LogP contribution in [0.3, 0.4) is 0 Å². The lowest BCUT2D eigenvalue weighted by Gasteiger charge is -2.08. The molecule has 0 saturated carbocycles. The Labute approximate surface area is 66.1 Å². The third-order valence-electron chi connectivity index (χ3n) is 1.68. The molecule has 0 aromatic carbocycles. The Morgan fingerprint density at radius 1 is 1.45 bits per heavy atom. The highest BCUT2D eigenvalue weighted by atomic mass is 16.3. The molecule has 0 aliphatic carbocycles. The molecule has 1 aromatic heterocycles. The van der Waals surface area contributed by atoms with Gasteiger partial charge in [0.2, 0.25) is 0 Å². The van der Waals surface area contributed by atoms with Gasteiger partial charge in [-0.05, 0) is 19.4 Å². The monoisotopic (exact) mass is 152 g/mol. The average molecular weight is 152 g/mol. The Kier molecular flexibility index (Phi) is 1.98. The Hall–Kier alpha value is -1.25. The fraction of sp³-hybridized carbons (Fsp3) is 0.375. The van der Waals surface area contributed by atoms with E-state index in [1.807, 2.05) is 6.92 Å². The highest BCUT2D eigenvalue weighted by Crippen LogP contribution is 2.27. The van der Waals surface area contributed by atoms with Crippen LogP contribution in [-0.4, -0.2) is 17.1 Å². The number of nitrogens with zero attached hydrogens (tertiary/aromatic N) is 1. The van der Waals surface area contributed by atoms with Gasteiger partial charge in [-0.25, -0.2) is 0 Å². The summed E-state index contributed by atoms with van der Waals surface area (Å²) in [6.45, 7) is 3.67. The van der Waals surface area contributed by atoms with Crippen LogP contribution in [0.15, 0.2) is 6.20 Å². The maximum absolute atomic E-state index is 9.45. The number of aromatic hydroxyl groups is 1. The predicted octanol–water partition coefficient (Wildman–Crippen LogP) is 1.45. The van der Waals surface area contributed by atoms with Gasteiger partial charge in [-0.1, -0.05) is 0 Å². The van der Waals surface area contributed by atoms with Gasteiger partial charge in [-0.3, -0.25) is 4.98 Å². The number of hydrogen-bond acceptors (Lipinski definition) is 3. The lowest BCUT2D eigenvalue weighted by atomic mass is 10.2. The highest BCUT2D eigenvalue weighted by Gasteiger charge is 2.05. The first kappa shape index (κ1) is 7.85. The summed E-state index contributed by atoms with van der Waals surface area (Å²) in [6.07, 6.45) is 1.74. The van der Waals surface area contributed by atoms with E-state index in [9.17, 15) is 5.11 Å². The van der Waals surface area contributed by atoms with Gasteiger partial charge >= 0.3 is 0 Å². The van der Waals surface area contributed by atoms with Gasteiger partial charge in [0.1, 0.15) is 0 Å². The van der Waals surface area contributed by atoms with Gasteiger partial charge in [-0.2, -0.15) is 0 Å². The molecule has 0 saturated heterocycles. The van der Waals surface area contributed by atoms with Crippen molar-refractivity contribution in [3.8, 4) is 5.75 Å². The SMILES string of the molecule is CNc1c(C)cnc(C)c1O. The largest absolute Gasteiger partial charge is 0.504 e. The second-order valence-corrected chi connectivity index (χ2v) is 2.50. The molecule has 0 aliphatic heterocycles. The van der Waals surface area contributed by atoms with Crippen molar-refractivity contribution in [3.63, 3.8) is 0 Å². The number of rotatable bonds is 1. The Balaban J connectivity index is 3.29. The number of aryl methyl sites for hydroxylation is 2. The summed E-state index contributed by atoms with van der Waals surface area (Å²) in [4.78, 5) is 4.00. The van der Waals surface area contributed by atoms with Crippen LogP contribution in [-0.2, 0) is 0 Å². The maximum Gasteiger partial charge on any atom is 0.160 e. The molecule has 0 fully saturated rings. The van der Waals surface area contributed by atoms with Crippen molar-refractivity contribution in [2.75, 3.05) is 12.4 Å². The third-order valence-corrected chi connectivity index (χ3v) is 1.68. The quantitative estimate of drug-likeness (QED) is 0.640. The van der Waals surface area contributed by atoms with Crippen LogP contribution >= 0.6 is 0 Å². The van der Waals surface area contributed by atoms with Crippen molar-refractivity contribution in [2.45, 2.75) is 13.8 Å². The van der Waals surface area contributed by atoms with E-state index in [0.29, 0.717) is 5.69 Å². The fourth-order valence-corrected chi connectivity index (χ4v) is 1.00. The summed E-state index contributed by atoms with van der Waals surface area (Å²) in [7, 11) is 1.78. The maximum atomic E-state index is 9.45. The zero-order valence-electron chi connectivity index (χ0n) is 6.97. The van der Waals surface area contributed by atoms with Gasteiger partial charge < -0.3 is 10.4 Å². The van der Waals surface area contributed by atoms with Crippen LogP contribution in [0.25, 0.3) is 0 Å². The van der Waals surface area contributed by atoms with Crippen molar-refractivity contribution >= 4 is 5.69 Å². The fourth-order valence-electron chi connectivity index (χ4n) is 1.00. The molecule has 0 atom stereocenters. The Bertz CT molecular complexity index is 271. The van der Waals surface area contributed by atoms with Crippen molar-refractivity contribution < 1.29 is 5.11 Å². The van der Waals surface area contributed by atoms with E-state index in [1.165, 1.54) is 0 Å². The molecule has 11 heavy (non-hydrogen) atoms. The highest BCUT2D eigenvalue weighted by molar-refractivity contribution is 5.61. The van der Waals surface area contributed by atoms with Crippen LogP contribution in [0.2, 0.25) is 0 Å². The van der Waals surface area contributed by atoms with E-state index in [-0.39, 0.29) is 5.75 Å². The molecule has 1 heterocycles. The predicted molar refractivity (Wildman–Crippen MR) is 44.9 cm³/mol. The first-order chi connectivity index (χ1) is 5.16. The molecule has 0 unspecified atom stereocenters. The van der Waals surface area contributed by atoms with Gasteiger partial charge in [0, 0.05) is 13.2 Å². The molecular formula is C8H12N2O. The molecule has 60 valence electrons. The van der Waals surface area contributed by atoms with E-state index >= 15 is 0 Å². The number of anilines is 1. The van der Waals surface area contributed by atoms with Gasteiger partial charge in [0.25, 0.3) is 0 Å². The Morgan fingerprint density at radius 3 is 2.55 bits per heavy atom. The van der Waals surface area contributed by atoms with Gasteiger partial charge in [0.05, 0.1) is 11.4 Å². The minimum atomic E-state index is 0.243. The second-order valence-electron chi connectivity index (χ2n) is 2.50. The zero-order chi connectivity index (χ0) is 8.43. The van der Waals surface area contributed by atoms with E-state index in [2.05, 4.69) is 10.3 Å². The first-order valence-corrected chi connectivity index (χ1v) is 3.49. The van der Waals surface area contributed by atoms with E-state index in [4.69, 9.17) is 0 Å². The van der Waals surface area contributed by atoms with Crippen molar-refractivity contribution in [3.05, 3.63) is 17.5 Å². The topological polar surface area (TPSA) is 45.2 Å². The molecule has 0 spiro atoms. The number of hydrogen-bond donors (Lipinski definition) is 2. The molecule has 0 amide bonds. The summed E-state index contributed by atoms with van der Waals surface area (Å²) in [6, 6.07) is 0. The molecule has 0 bridgehead atoms. The van der Waals surface area contributed by atoms with Crippen LogP contribution in [0.1, 0.15) is 11.3 Å². The van der Waals surface area contributed by atoms with E-state index < -0.39 is 0 Å². The summed E-state index contributed by atoms with van der Waals surface area (Å²) >= 11 is 0. The molecular weight excluding hydrogens is 140 g/mol. The van der Waals surface area contributed by atoms with Crippen LogP contribution < -0.4 is 5.32 Å². The lowest BCUT2D eigenvalue weighted by Crippen LogP contribution is -1.95. The van der Waals surface area contributed by atoms with Crippen molar-refractivity contribution in [1.82, 2.24) is 4.98 Å². The van der Waals surface area contributed by atoms with E-state index in [1.54, 1.807) is 20.2 Å². The van der Waals surface area contributed by atoms with Crippen LogP contribution in [0.5, 0.6) is 5.75 Å². The molecule has 2 N–H and O–H groups in total. The number of nitrogens with one attached hydrogen (secondary N) is 1. The molecule has 1 rings (SSSR count). The minimum Gasteiger partial charge on any atom is -0.504 e. The van der Waals surface area contributed by atoms with Gasteiger partial charge in [0.15, 0.2) is 5.75 Å². The second kappa shape index (κ2) is 2.78. The number of aromatic nitrogens is 1. The van der Waals surface area contributed by atoms with E-state index in [0.717, 1.165) is 11.3 Å². The summed E-state index contributed by atoms with van der Waals surface area (Å²) in [5.74, 6) is 0.243. The van der Waals surface area contributed by atoms with Crippen molar-refractivity contribution in [1.29, 1.82) is 0 Å². The Morgan fingerprint density at radius 2 is 2.09 bits per heavy atom. The smallest absolute Gasteiger partial charge is 0.160 e. The van der Waals surface area contributed by atoms with Crippen LogP contribution in [0.4, 0.5) is 5.69 Å². The molecule has 0 radical (unpaired) electrons. The summed E-state index contributed by atoms with van der Waals surface area (Å²) in [5.41, 5.74) is 2.37. The minimum absolute atomic E-state index is 0.243. The molecule has 3 nitrogen and oxygen atoms in total. The van der Waals surface area contributed by atoms with Crippen molar-refractivity contribution in [2.24, 2.45) is 0 Å².